The van der Waals surface area contributed by atoms with E-state index in [2.05, 4.69) is 31.8 Å². The van der Waals surface area contributed by atoms with Gasteiger partial charge < -0.3 is 9.47 Å². The van der Waals surface area contributed by atoms with E-state index in [4.69, 9.17) is 14.5 Å². The Hall–Kier alpha value is -3.25. The fourth-order valence-electron chi connectivity index (χ4n) is 3.22. The molecule has 0 amide bonds. The van der Waals surface area contributed by atoms with E-state index < -0.39 is 5.82 Å². The first-order chi connectivity index (χ1) is 16.5. The molecule has 0 aliphatic heterocycles. The van der Waals surface area contributed by atoms with Crippen molar-refractivity contribution < 1.29 is 13.9 Å². The van der Waals surface area contributed by atoms with Gasteiger partial charge >= 0.3 is 0 Å². The Kier molecular flexibility index (Phi) is 7.58. The highest BCUT2D eigenvalue weighted by Gasteiger charge is 2.24. The van der Waals surface area contributed by atoms with E-state index in [0.29, 0.717) is 41.2 Å². The van der Waals surface area contributed by atoms with E-state index in [9.17, 15) is 4.39 Å². The number of benzene rings is 1. The number of halogens is 1. The van der Waals surface area contributed by atoms with Crippen LogP contribution in [0.15, 0.2) is 36.0 Å². The summed E-state index contributed by atoms with van der Waals surface area (Å²) in [4.78, 5) is 12.8. The number of thiazole rings is 1. The van der Waals surface area contributed by atoms with Crippen molar-refractivity contribution in [2.45, 2.75) is 31.9 Å². The molecule has 3 aromatic heterocycles. The summed E-state index contributed by atoms with van der Waals surface area (Å²) in [5.74, 6) is 2.38. The first kappa shape index (κ1) is 23.9. The number of rotatable bonds is 10. The number of ether oxygens (including phenoxy) is 2. The molecule has 0 saturated heterocycles. The molecule has 0 fully saturated rings. The topological polar surface area (TPSA) is 99.9 Å². The number of nitrogens with one attached hydrogen (secondary N) is 1. The van der Waals surface area contributed by atoms with Gasteiger partial charge in [0.1, 0.15) is 23.0 Å². The van der Waals surface area contributed by atoms with Crippen LogP contribution in [-0.2, 0) is 12.8 Å². The molecule has 178 valence electrons. The summed E-state index contributed by atoms with van der Waals surface area (Å²) in [7, 11) is 3.21. The van der Waals surface area contributed by atoms with Crippen LogP contribution in [-0.4, -0.2) is 49.2 Å². The Balaban J connectivity index is 1.69. The van der Waals surface area contributed by atoms with Crippen molar-refractivity contribution in [3.05, 3.63) is 53.3 Å². The molecule has 1 atom stereocenters. The number of hydrogen-bond acceptors (Lipinski definition) is 10. The molecule has 0 bridgehead atoms. The van der Waals surface area contributed by atoms with Crippen LogP contribution >= 0.6 is 23.3 Å². The van der Waals surface area contributed by atoms with Crippen LogP contribution in [0.3, 0.4) is 0 Å². The molecule has 0 aliphatic carbocycles. The predicted molar refractivity (Wildman–Crippen MR) is 131 cm³/mol. The molecule has 9 nitrogen and oxygen atoms in total. The van der Waals surface area contributed by atoms with E-state index in [0.717, 1.165) is 17.1 Å². The summed E-state index contributed by atoms with van der Waals surface area (Å²) in [6, 6.07) is 5.56. The minimum absolute atomic E-state index is 0.0604. The highest BCUT2D eigenvalue weighted by atomic mass is 32.2. The maximum atomic E-state index is 13.1. The highest BCUT2D eigenvalue weighted by Crippen LogP contribution is 2.38. The van der Waals surface area contributed by atoms with Gasteiger partial charge in [0, 0.05) is 17.1 Å². The summed E-state index contributed by atoms with van der Waals surface area (Å²) >= 11 is 2.94. The molecule has 34 heavy (non-hydrogen) atoms. The second-order valence-corrected chi connectivity index (χ2v) is 9.35. The molecule has 4 rings (SSSR count). The molecule has 1 aromatic carbocycles. The minimum atomic E-state index is -0.456. The monoisotopic (exact) mass is 501 g/mol. The van der Waals surface area contributed by atoms with Gasteiger partial charge in [0.2, 0.25) is 5.95 Å². The fourth-order valence-corrected chi connectivity index (χ4v) is 4.77. The molecule has 0 saturated carbocycles. The van der Waals surface area contributed by atoms with Crippen molar-refractivity contribution in [1.82, 2.24) is 29.7 Å². The molecule has 3 heterocycles. The first-order valence-corrected chi connectivity index (χ1v) is 12.3. The minimum Gasteiger partial charge on any atom is -0.494 e. The lowest BCUT2D eigenvalue weighted by Crippen LogP contribution is -2.11. The molecule has 0 aliphatic rings. The van der Waals surface area contributed by atoms with Crippen LogP contribution in [0.4, 0.5) is 10.3 Å². The molecule has 12 heteroatoms. The number of para-hydroxylation sites is 1. The van der Waals surface area contributed by atoms with Crippen LogP contribution in [0.2, 0.25) is 0 Å². The normalized spacial score (nSPS) is 11.9. The Labute approximate surface area is 204 Å². The van der Waals surface area contributed by atoms with Crippen LogP contribution in [0, 0.1) is 5.82 Å². The number of aromatic nitrogens is 6. The third-order valence-corrected chi connectivity index (χ3v) is 6.65. The SMILES string of the molecule is CCc1csc(-c2nnc(NSC(C)Cc3ncc(F)cn3)n2-c2c(OC)cccc2OC)n1. The molecule has 4 aromatic rings. The van der Waals surface area contributed by atoms with E-state index >= 15 is 0 Å². The lowest BCUT2D eigenvalue weighted by molar-refractivity contribution is 0.391. The standard InChI is InChI=1S/C22H24FN7O2S2/c1-5-15-12-33-21(26-15)20-27-28-22(29-34-13(2)9-18-24-10-14(23)11-25-18)30(20)19-16(31-3)7-6-8-17(19)32-4/h6-8,10-13H,5,9H2,1-4H3,(H,28,29). The average molecular weight is 502 g/mol. The van der Waals surface area contributed by atoms with E-state index in [1.165, 1.54) is 35.7 Å². The number of hydrogen-bond donors (Lipinski definition) is 1. The van der Waals surface area contributed by atoms with Crippen molar-refractivity contribution in [1.29, 1.82) is 0 Å². The summed E-state index contributed by atoms with van der Waals surface area (Å²) in [5.41, 5.74) is 1.65. The quantitative estimate of drug-likeness (QED) is 0.313. The Morgan fingerprint density at radius 3 is 2.47 bits per heavy atom. The second-order valence-electron chi connectivity index (χ2n) is 7.24. The van der Waals surface area contributed by atoms with Crippen molar-refractivity contribution >= 4 is 29.2 Å². The zero-order chi connectivity index (χ0) is 24.1. The van der Waals surface area contributed by atoms with Gasteiger partial charge in [0.15, 0.2) is 16.6 Å². The Bertz CT molecular complexity index is 1220. The van der Waals surface area contributed by atoms with Crippen LogP contribution in [0.1, 0.15) is 25.4 Å². The van der Waals surface area contributed by atoms with Gasteiger partial charge in [0.25, 0.3) is 0 Å². The first-order valence-electron chi connectivity index (χ1n) is 10.5. The average Bonchev–Trinajstić information content (AvgIpc) is 3.50. The van der Waals surface area contributed by atoms with E-state index in [1.54, 1.807) is 14.2 Å². The van der Waals surface area contributed by atoms with Crippen LogP contribution in [0.5, 0.6) is 11.5 Å². The van der Waals surface area contributed by atoms with Crippen molar-refractivity contribution in [2.24, 2.45) is 0 Å². The number of aryl methyl sites for hydroxylation is 1. The van der Waals surface area contributed by atoms with Gasteiger partial charge in [-0.2, -0.15) is 0 Å². The molecule has 1 N–H and O–H groups in total. The summed E-state index contributed by atoms with van der Waals surface area (Å²) in [5, 5.41) is 11.7. The highest BCUT2D eigenvalue weighted by molar-refractivity contribution is 8.01. The molecule has 0 radical (unpaired) electrons. The zero-order valence-corrected chi connectivity index (χ0v) is 20.8. The van der Waals surface area contributed by atoms with Gasteiger partial charge in [-0.05, 0) is 30.5 Å². The molecular weight excluding hydrogens is 477 g/mol. The third-order valence-electron chi connectivity index (χ3n) is 4.89. The van der Waals surface area contributed by atoms with Gasteiger partial charge in [0.05, 0.1) is 32.3 Å². The largest absolute Gasteiger partial charge is 0.494 e. The van der Waals surface area contributed by atoms with Gasteiger partial charge in [-0.25, -0.2) is 19.3 Å². The van der Waals surface area contributed by atoms with Crippen LogP contribution < -0.4 is 14.2 Å². The lowest BCUT2D eigenvalue weighted by atomic mass is 10.2. The summed E-state index contributed by atoms with van der Waals surface area (Å²) in [6.45, 7) is 4.08. The third kappa shape index (κ3) is 5.12. The van der Waals surface area contributed by atoms with Crippen molar-refractivity contribution in [3.8, 4) is 28.0 Å². The van der Waals surface area contributed by atoms with Gasteiger partial charge in [-0.1, -0.05) is 19.9 Å². The van der Waals surface area contributed by atoms with Crippen LogP contribution in [0.25, 0.3) is 16.5 Å². The predicted octanol–water partition coefficient (Wildman–Crippen LogP) is 4.59. The molecule has 1 unspecified atom stereocenters. The van der Waals surface area contributed by atoms with E-state index in [-0.39, 0.29) is 5.25 Å². The maximum absolute atomic E-state index is 13.1. The molecule has 0 spiro atoms. The number of methoxy groups -OCH3 is 2. The van der Waals surface area contributed by atoms with Gasteiger partial charge in [-0.15, -0.1) is 21.5 Å². The lowest BCUT2D eigenvalue weighted by Gasteiger charge is -2.17. The Morgan fingerprint density at radius 1 is 1.15 bits per heavy atom. The summed E-state index contributed by atoms with van der Waals surface area (Å²) in [6.07, 6.45) is 3.71. The van der Waals surface area contributed by atoms with Gasteiger partial charge in [-0.3, -0.25) is 9.29 Å². The van der Waals surface area contributed by atoms with E-state index in [1.807, 2.05) is 35.1 Å². The molecular formula is C22H24FN7O2S2. The number of anilines is 1. The van der Waals surface area contributed by atoms with Crippen molar-refractivity contribution in [2.75, 3.05) is 18.9 Å². The Morgan fingerprint density at radius 2 is 1.85 bits per heavy atom. The summed E-state index contributed by atoms with van der Waals surface area (Å²) < 4.78 is 29.5. The fraction of sp³-hybridized carbons (Fsp3) is 0.318. The number of nitrogens with zero attached hydrogens (tertiary/aromatic N) is 6. The van der Waals surface area contributed by atoms with Crippen molar-refractivity contribution in [3.63, 3.8) is 0 Å². The maximum Gasteiger partial charge on any atom is 0.239 e. The smallest absolute Gasteiger partial charge is 0.239 e. The second kappa shape index (κ2) is 10.8. The zero-order valence-electron chi connectivity index (χ0n) is 19.1.